The average Bonchev–Trinajstić information content (AvgIpc) is 2.72. The van der Waals surface area contributed by atoms with E-state index in [0.717, 1.165) is 11.6 Å². The van der Waals surface area contributed by atoms with Crippen LogP contribution in [0.3, 0.4) is 0 Å². The standard InChI is InChI=1S/C23H23ClFNO3/c24-19-8-4-5-16(13-19)20(27)15-26-12-11-23(18-6-2-1-3-7-18)10-9-17(22(28)29)14-21(23)25/h1-10,13-14,20-21,26-27H,11-12,15H2,(H,28,29)/t20-,21?,23?/m0/s1. The molecule has 152 valence electrons. The second-order valence-electron chi connectivity index (χ2n) is 7.09. The highest BCUT2D eigenvalue weighted by atomic mass is 35.5. The molecule has 3 N–H and O–H groups in total. The highest BCUT2D eigenvalue weighted by Gasteiger charge is 2.39. The maximum absolute atomic E-state index is 15.2. The Balaban J connectivity index is 1.69. The van der Waals surface area contributed by atoms with Crippen molar-refractivity contribution >= 4 is 17.6 Å². The minimum Gasteiger partial charge on any atom is -0.478 e. The monoisotopic (exact) mass is 415 g/mol. The van der Waals surface area contributed by atoms with Crippen LogP contribution in [0, 0.1) is 0 Å². The van der Waals surface area contributed by atoms with Gasteiger partial charge in [-0.1, -0.05) is 66.2 Å². The van der Waals surface area contributed by atoms with Gasteiger partial charge in [-0.3, -0.25) is 0 Å². The number of hydrogen-bond acceptors (Lipinski definition) is 3. The fraction of sp³-hybridized carbons (Fsp3) is 0.261. The number of halogens is 2. The first-order valence-corrected chi connectivity index (χ1v) is 9.78. The van der Waals surface area contributed by atoms with E-state index in [1.165, 1.54) is 6.08 Å². The van der Waals surface area contributed by atoms with Crippen molar-refractivity contribution in [1.29, 1.82) is 0 Å². The zero-order valence-electron chi connectivity index (χ0n) is 15.8. The van der Waals surface area contributed by atoms with Crippen LogP contribution in [-0.4, -0.2) is 35.4 Å². The van der Waals surface area contributed by atoms with E-state index in [-0.39, 0.29) is 5.57 Å². The highest BCUT2D eigenvalue weighted by Crippen LogP contribution is 2.39. The van der Waals surface area contributed by atoms with Gasteiger partial charge in [-0.25, -0.2) is 9.18 Å². The predicted octanol–water partition coefficient (Wildman–Crippen LogP) is 4.21. The summed E-state index contributed by atoms with van der Waals surface area (Å²) in [5.74, 6) is -1.15. The van der Waals surface area contributed by atoms with Crippen molar-refractivity contribution in [1.82, 2.24) is 5.32 Å². The van der Waals surface area contributed by atoms with Gasteiger partial charge in [0.25, 0.3) is 0 Å². The summed E-state index contributed by atoms with van der Waals surface area (Å²) in [5, 5.41) is 23.2. The zero-order chi connectivity index (χ0) is 20.9. The van der Waals surface area contributed by atoms with Gasteiger partial charge in [0.15, 0.2) is 0 Å². The Morgan fingerprint density at radius 1 is 1.21 bits per heavy atom. The van der Waals surface area contributed by atoms with Crippen molar-refractivity contribution in [3.05, 3.63) is 94.5 Å². The summed E-state index contributed by atoms with van der Waals surface area (Å²) < 4.78 is 15.2. The maximum atomic E-state index is 15.2. The molecule has 0 amide bonds. The molecule has 3 rings (SSSR count). The van der Waals surface area contributed by atoms with Gasteiger partial charge in [0.2, 0.25) is 0 Å². The predicted molar refractivity (Wildman–Crippen MR) is 112 cm³/mol. The van der Waals surface area contributed by atoms with Crippen molar-refractivity contribution in [3.8, 4) is 0 Å². The number of carboxylic acids is 1. The summed E-state index contributed by atoms with van der Waals surface area (Å²) in [5.41, 5.74) is 0.474. The van der Waals surface area contributed by atoms with E-state index in [1.807, 2.05) is 30.3 Å². The van der Waals surface area contributed by atoms with Crippen LogP contribution in [-0.2, 0) is 10.2 Å². The lowest BCUT2D eigenvalue weighted by molar-refractivity contribution is -0.132. The summed E-state index contributed by atoms with van der Waals surface area (Å²) in [6, 6.07) is 16.2. The number of benzene rings is 2. The molecule has 1 aliphatic carbocycles. The molecule has 0 fully saturated rings. The molecule has 0 bridgehead atoms. The van der Waals surface area contributed by atoms with Gasteiger partial charge in [-0.15, -0.1) is 0 Å². The molecular formula is C23H23ClFNO3. The van der Waals surface area contributed by atoms with E-state index < -0.39 is 23.7 Å². The first kappa shape index (κ1) is 21.2. The van der Waals surface area contributed by atoms with E-state index in [4.69, 9.17) is 16.7 Å². The van der Waals surface area contributed by atoms with E-state index in [9.17, 15) is 9.90 Å². The van der Waals surface area contributed by atoms with Gasteiger partial charge >= 0.3 is 5.97 Å². The van der Waals surface area contributed by atoms with Gasteiger partial charge in [0.1, 0.15) is 6.17 Å². The maximum Gasteiger partial charge on any atom is 0.335 e. The van der Waals surface area contributed by atoms with Crippen LogP contribution in [0.25, 0.3) is 0 Å². The van der Waals surface area contributed by atoms with Crippen molar-refractivity contribution in [2.24, 2.45) is 0 Å². The largest absolute Gasteiger partial charge is 0.478 e. The fourth-order valence-electron chi connectivity index (χ4n) is 3.57. The molecule has 2 aromatic rings. The van der Waals surface area contributed by atoms with Gasteiger partial charge < -0.3 is 15.5 Å². The SMILES string of the molecule is O=C(O)C1=CC(F)C(CCNC[C@H](O)c2cccc(Cl)c2)(c2ccccc2)C=C1. The number of carbonyl (C=O) groups is 1. The van der Waals surface area contributed by atoms with E-state index in [1.54, 1.807) is 30.3 Å². The Labute approximate surface area is 174 Å². The Kier molecular flexibility index (Phi) is 6.85. The molecular weight excluding hydrogens is 393 g/mol. The molecule has 2 unspecified atom stereocenters. The third kappa shape index (κ3) is 4.93. The number of carboxylic acid groups (broad SMARTS) is 1. The van der Waals surface area contributed by atoms with Crippen LogP contribution < -0.4 is 5.32 Å². The molecule has 0 saturated carbocycles. The Morgan fingerprint density at radius 2 is 1.97 bits per heavy atom. The molecule has 0 saturated heterocycles. The third-order valence-corrected chi connectivity index (χ3v) is 5.46. The first-order valence-electron chi connectivity index (χ1n) is 9.40. The summed E-state index contributed by atoms with van der Waals surface area (Å²) in [7, 11) is 0. The summed E-state index contributed by atoms with van der Waals surface area (Å²) in [6.45, 7) is 0.732. The fourth-order valence-corrected chi connectivity index (χ4v) is 3.77. The molecule has 1 aliphatic rings. The van der Waals surface area contributed by atoms with Crippen molar-refractivity contribution in [3.63, 3.8) is 0 Å². The molecule has 0 aromatic heterocycles. The number of rotatable bonds is 8. The zero-order valence-corrected chi connectivity index (χ0v) is 16.5. The topological polar surface area (TPSA) is 69.6 Å². The number of hydrogen-bond donors (Lipinski definition) is 3. The first-order chi connectivity index (χ1) is 13.9. The van der Waals surface area contributed by atoms with E-state index in [0.29, 0.717) is 30.1 Å². The van der Waals surface area contributed by atoms with E-state index in [2.05, 4.69) is 5.32 Å². The Morgan fingerprint density at radius 3 is 2.62 bits per heavy atom. The smallest absolute Gasteiger partial charge is 0.335 e. The minimum absolute atomic E-state index is 0.0478. The Bertz CT molecular complexity index is 915. The third-order valence-electron chi connectivity index (χ3n) is 5.22. The van der Waals surface area contributed by atoms with Crippen molar-refractivity contribution in [2.75, 3.05) is 13.1 Å². The summed E-state index contributed by atoms with van der Waals surface area (Å²) in [4.78, 5) is 11.2. The normalized spacial score (nSPS) is 22.2. The number of aliphatic hydroxyl groups is 1. The van der Waals surface area contributed by atoms with Crippen LogP contribution in [0.1, 0.15) is 23.7 Å². The minimum atomic E-state index is -1.47. The summed E-state index contributed by atoms with van der Waals surface area (Å²) in [6.07, 6.45) is 2.47. The number of allylic oxidation sites excluding steroid dienone is 2. The van der Waals surface area contributed by atoms with Crippen LogP contribution in [0.2, 0.25) is 5.02 Å². The van der Waals surface area contributed by atoms with Gasteiger partial charge in [0, 0.05) is 17.0 Å². The molecule has 29 heavy (non-hydrogen) atoms. The van der Waals surface area contributed by atoms with E-state index >= 15 is 4.39 Å². The Hall–Kier alpha value is -2.47. The molecule has 0 heterocycles. The second kappa shape index (κ2) is 9.35. The molecule has 0 radical (unpaired) electrons. The second-order valence-corrected chi connectivity index (χ2v) is 7.53. The summed E-state index contributed by atoms with van der Waals surface area (Å²) >= 11 is 5.96. The lowest BCUT2D eigenvalue weighted by atomic mass is 9.70. The lowest BCUT2D eigenvalue weighted by Crippen LogP contribution is -2.39. The quantitative estimate of drug-likeness (QED) is 0.565. The number of alkyl halides is 1. The van der Waals surface area contributed by atoms with Crippen molar-refractivity contribution in [2.45, 2.75) is 24.1 Å². The highest BCUT2D eigenvalue weighted by molar-refractivity contribution is 6.30. The molecule has 3 atom stereocenters. The molecule has 0 spiro atoms. The molecule has 0 aliphatic heterocycles. The van der Waals surface area contributed by atoms with Crippen LogP contribution in [0.15, 0.2) is 78.4 Å². The lowest BCUT2D eigenvalue weighted by Gasteiger charge is -2.36. The van der Waals surface area contributed by atoms with Crippen molar-refractivity contribution < 1.29 is 19.4 Å². The van der Waals surface area contributed by atoms with Crippen LogP contribution in [0.4, 0.5) is 4.39 Å². The van der Waals surface area contributed by atoms with Gasteiger partial charge in [0.05, 0.1) is 11.7 Å². The molecule has 4 nitrogen and oxygen atoms in total. The van der Waals surface area contributed by atoms with Gasteiger partial charge in [-0.05, 0) is 42.3 Å². The van der Waals surface area contributed by atoms with Crippen LogP contribution >= 0.6 is 11.6 Å². The average molecular weight is 416 g/mol. The number of aliphatic carboxylic acids is 1. The number of nitrogens with one attached hydrogen (secondary N) is 1. The number of aliphatic hydroxyl groups excluding tert-OH is 1. The molecule has 6 heteroatoms. The molecule has 2 aromatic carbocycles. The van der Waals surface area contributed by atoms with Crippen LogP contribution in [0.5, 0.6) is 0 Å². The van der Waals surface area contributed by atoms with Gasteiger partial charge in [-0.2, -0.15) is 0 Å².